The van der Waals surface area contributed by atoms with Crippen molar-refractivity contribution in [1.82, 2.24) is 5.32 Å². The van der Waals surface area contributed by atoms with E-state index in [-0.39, 0.29) is 16.9 Å². The number of rotatable bonds is 11. The summed E-state index contributed by atoms with van der Waals surface area (Å²) in [5.74, 6) is -0.153. The summed E-state index contributed by atoms with van der Waals surface area (Å²) in [6.07, 6.45) is 1.54. The Balaban J connectivity index is 1.49. The first-order valence-corrected chi connectivity index (χ1v) is 14.8. The van der Waals surface area contributed by atoms with Crippen molar-refractivity contribution in [2.45, 2.75) is 30.9 Å². The molecule has 0 aromatic heterocycles. The maximum Gasteiger partial charge on any atom is 0.272 e. The molecule has 0 aliphatic rings. The molecule has 0 bridgehead atoms. The molecule has 44 heavy (non-hydrogen) atoms. The number of hydrogen-bond donors (Lipinski definition) is 3. The average Bonchev–Trinajstić information content (AvgIpc) is 3.03. The van der Waals surface area contributed by atoms with Crippen LogP contribution in [0.3, 0.4) is 0 Å². The Kier molecular flexibility index (Phi) is 10.8. The van der Waals surface area contributed by atoms with Gasteiger partial charge in [0.15, 0.2) is 11.5 Å². The van der Waals surface area contributed by atoms with Gasteiger partial charge in [0.2, 0.25) is 5.91 Å². The van der Waals surface area contributed by atoms with E-state index >= 15 is 0 Å². The van der Waals surface area contributed by atoms with Crippen LogP contribution in [0.2, 0.25) is 0 Å². The summed E-state index contributed by atoms with van der Waals surface area (Å²) >= 11 is 1.41. The number of carbonyl (C=O) groups excluding carboxylic acids is 3. The van der Waals surface area contributed by atoms with Gasteiger partial charge in [0.1, 0.15) is 5.70 Å². The van der Waals surface area contributed by atoms with Gasteiger partial charge < -0.3 is 25.4 Å². The van der Waals surface area contributed by atoms with E-state index in [4.69, 9.17) is 9.47 Å². The molecule has 0 aliphatic heterocycles. The molecule has 8 nitrogen and oxygen atoms in total. The van der Waals surface area contributed by atoms with Crippen LogP contribution in [0.15, 0.2) is 102 Å². The molecule has 1 unspecified atom stereocenters. The molecule has 0 spiro atoms. The summed E-state index contributed by atoms with van der Waals surface area (Å²) in [6.45, 7) is 5.84. The molecule has 0 radical (unpaired) electrons. The maximum atomic E-state index is 13.5. The molecule has 0 fully saturated rings. The van der Waals surface area contributed by atoms with Gasteiger partial charge in [0.25, 0.3) is 11.8 Å². The third-order valence-corrected chi connectivity index (χ3v) is 8.03. The fourth-order valence-electron chi connectivity index (χ4n) is 4.32. The molecule has 4 aromatic carbocycles. The fourth-order valence-corrected chi connectivity index (χ4v) is 5.18. The Labute approximate surface area is 261 Å². The fraction of sp³-hybridized carbons (Fsp3) is 0.171. The second-order valence-corrected chi connectivity index (χ2v) is 11.4. The molecule has 3 N–H and O–H groups in total. The lowest BCUT2D eigenvalue weighted by atomic mass is 10.1. The number of methoxy groups -OCH3 is 2. The van der Waals surface area contributed by atoms with Crippen molar-refractivity contribution in [1.29, 1.82) is 0 Å². The second-order valence-electron chi connectivity index (χ2n) is 9.94. The van der Waals surface area contributed by atoms with Crippen molar-refractivity contribution >= 4 is 46.9 Å². The highest BCUT2D eigenvalue weighted by Gasteiger charge is 2.19. The Hall–Kier alpha value is -5.02. The summed E-state index contributed by atoms with van der Waals surface area (Å²) < 4.78 is 10.9. The minimum atomic E-state index is -0.527. The Morgan fingerprint density at radius 1 is 0.795 bits per heavy atom. The van der Waals surface area contributed by atoms with E-state index in [1.54, 1.807) is 54.6 Å². The van der Waals surface area contributed by atoms with E-state index in [0.29, 0.717) is 28.3 Å². The van der Waals surface area contributed by atoms with Crippen LogP contribution in [0.4, 0.5) is 11.4 Å². The molecule has 0 saturated heterocycles. The van der Waals surface area contributed by atoms with Gasteiger partial charge in [-0.3, -0.25) is 14.4 Å². The number of carbonyl (C=O) groups is 3. The normalized spacial score (nSPS) is 11.7. The Morgan fingerprint density at radius 3 is 2.18 bits per heavy atom. The summed E-state index contributed by atoms with van der Waals surface area (Å²) in [5.41, 5.74) is 4.43. The number of anilines is 2. The lowest BCUT2D eigenvalue weighted by molar-refractivity contribution is -0.115. The predicted octanol–water partition coefficient (Wildman–Crippen LogP) is 6.85. The highest BCUT2D eigenvalue weighted by atomic mass is 32.2. The van der Waals surface area contributed by atoms with Crippen molar-refractivity contribution in [3.8, 4) is 11.5 Å². The number of amides is 3. The lowest BCUT2D eigenvalue weighted by Gasteiger charge is -2.15. The molecule has 4 rings (SSSR count). The smallest absolute Gasteiger partial charge is 0.272 e. The number of para-hydroxylation sites is 1. The SMILES string of the molecule is COc1cccc(/C=C(\NC(=O)c2ccccc2)C(=O)Nc2ccc(SC(C)C(=O)Nc3cccc(C)c3C)cc2)c1OC. The van der Waals surface area contributed by atoms with Gasteiger partial charge in [-0.1, -0.05) is 42.5 Å². The third kappa shape index (κ3) is 8.08. The van der Waals surface area contributed by atoms with Crippen LogP contribution in [-0.4, -0.2) is 37.2 Å². The van der Waals surface area contributed by atoms with Crippen LogP contribution in [0.5, 0.6) is 11.5 Å². The lowest BCUT2D eigenvalue weighted by Crippen LogP contribution is -2.30. The standard InChI is InChI=1S/C35H35N3O5S/c1-22-11-9-15-29(23(22)2)37-33(39)24(3)44-28-19-17-27(18-20-28)36-35(41)30(38-34(40)25-12-7-6-8-13-25)21-26-14-10-16-31(42-4)32(26)43-5/h6-21,24H,1-5H3,(H,36,41)(H,37,39)(H,38,40)/b30-21-. The monoisotopic (exact) mass is 609 g/mol. The van der Waals surface area contributed by atoms with Crippen molar-refractivity contribution in [3.05, 3.63) is 119 Å². The van der Waals surface area contributed by atoms with E-state index in [1.807, 2.05) is 57.2 Å². The van der Waals surface area contributed by atoms with Gasteiger partial charge >= 0.3 is 0 Å². The van der Waals surface area contributed by atoms with Gasteiger partial charge in [0.05, 0.1) is 19.5 Å². The van der Waals surface area contributed by atoms with Gasteiger partial charge in [-0.05, 0) is 86.5 Å². The number of aryl methyl sites for hydroxylation is 1. The van der Waals surface area contributed by atoms with Crippen molar-refractivity contribution in [3.63, 3.8) is 0 Å². The molecular weight excluding hydrogens is 574 g/mol. The molecule has 0 heterocycles. The topological polar surface area (TPSA) is 106 Å². The van der Waals surface area contributed by atoms with Gasteiger partial charge in [-0.25, -0.2) is 0 Å². The maximum absolute atomic E-state index is 13.5. The summed E-state index contributed by atoms with van der Waals surface area (Å²) in [5, 5.41) is 8.24. The predicted molar refractivity (Wildman–Crippen MR) is 176 cm³/mol. The number of ether oxygens (including phenoxy) is 2. The minimum absolute atomic E-state index is 0.0144. The zero-order valence-corrected chi connectivity index (χ0v) is 26.1. The number of benzene rings is 4. The molecule has 3 amide bonds. The molecule has 4 aromatic rings. The van der Waals surface area contributed by atoms with E-state index in [1.165, 1.54) is 32.1 Å². The van der Waals surface area contributed by atoms with Crippen LogP contribution in [-0.2, 0) is 9.59 Å². The van der Waals surface area contributed by atoms with E-state index < -0.39 is 11.8 Å². The van der Waals surface area contributed by atoms with Crippen molar-refractivity contribution < 1.29 is 23.9 Å². The molecule has 0 aliphatic carbocycles. The number of nitrogens with one attached hydrogen (secondary N) is 3. The molecule has 1 atom stereocenters. The van der Waals surface area contributed by atoms with Crippen LogP contribution < -0.4 is 25.4 Å². The molecule has 0 saturated carbocycles. The first kappa shape index (κ1) is 31.9. The van der Waals surface area contributed by atoms with Gasteiger partial charge in [0, 0.05) is 27.4 Å². The largest absolute Gasteiger partial charge is 0.493 e. The zero-order valence-electron chi connectivity index (χ0n) is 25.3. The van der Waals surface area contributed by atoms with Crippen molar-refractivity contribution in [2.24, 2.45) is 0 Å². The average molecular weight is 610 g/mol. The van der Waals surface area contributed by atoms with E-state index in [9.17, 15) is 14.4 Å². The Bertz CT molecular complexity index is 1670. The first-order chi connectivity index (χ1) is 21.2. The van der Waals surface area contributed by atoms with E-state index in [2.05, 4.69) is 16.0 Å². The molecule has 226 valence electrons. The van der Waals surface area contributed by atoms with Crippen LogP contribution >= 0.6 is 11.8 Å². The highest BCUT2D eigenvalue weighted by molar-refractivity contribution is 8.00. The quantitative estimate of drug-likeness (QED) is 0.127. The van der Waals surface area contributed by atoms with Crippen LogP contribution in [0, 0.1) is 13.8 Å². The van der Waals surface area contributed by atoms with Crippen molar-refractivity contribution in [2.75, 3.05) is 24.9 Å². The molecule has 9 heteroatoms. The summed E-state index contributed by atoms with van der Waals surface area (Å²) in [4.78, 5) is 40.2. The number of thioether (sulfide) groups is 1. The second kappa shape index (κ2) is 14.9. The van der Waals surface area contributed by atoms with Crippen LogP contribution in [0.1, 0.15) is 34.0 Å². The first-order valence-electron chi connectivity index (χ1n) is 13.9. The summed E-state index contributed by atoms with van der Waals surface area (Å²) in [7, 11) is 3.03. The third-order valence-electron chi connectivity index (χ3n) is 6.92. The van der Waals surface area contributed by atoms with Gasteiger partial charge in [-0.2, -0.15) is 0 Å². The minimum Gasteiger partial charge on any atom is -0.493 e. The zero-order chi connectivity index (χ0) is 31.6. The molecular formula is C35H35N3O5S. The van der Waals surface area contributed by atoms with Gasteiger partial charge in [-0.15, -0.1) is 11.8 Å². The highest BCUT2D eigenvalue weighted by Crippen LogP contribution is 2.32. The van der Waals surface area contributed by atoms with Crippen LogP contribution in [0.25, 0.3) is 6.08 Å². The number of hydrogen-bond acceptors (Lipinski definition) is 6. The van der Waals surface area contributed by atoms with E-state index in [0.717, 1.165) is 21.7 Å². The Morgan fingerprint density at radius 2 is 1.50 bits per heavy atom. The summed E-state index contributed by atoms with van der Waals surface area (Å²) in [6, 6.07) is 26.9.